The third kappa shape index (κ3) is 2.60. The van der Waals surface area contributed by atoms with Crippen molar-refractivity contribution < 1.29 is 4.74 Å². The highest BCUT2D eigenvalue weighted by molar-refractivity contribution is 5.03. The number of ether oxygens (including phenoxy) is 1. The number of methoxy groups -OCH3 is 1. The van der Waals surface area contributed by atoms with Crippen molar-refractivity contribution in [2.45, 2.75) is 64.0 Å². The zero-order chi connectivity index (χ0) is 11.8. The highest BCUT2D eigenvalue weighted by Crippen LogP contribution is 2.57. The van der Waals surface area contributed by atoms with Gasteiger partial charge in [-0.3, -0.25) is 0 Å². The second-order valence-corrected chi connectivity index (χ2v) is 6.36. The summed E-state index contributed by atoms with van der Waals surface area (Å²) in [6, 6.07) is 0.419. The maximum Gasteiger partial charge on any atom is 0.0623 e. The summed E-state index contributed by atoms with van der Waals surface area (Å²) in [6.07, 6.45) is 7.97. The topological polar surface area (TPSA) is 35.2 Å². The maximum atomic E-state index is 6.35. The third-order valence-electron chi connectivity index (χ3n) is 4.85. The van der Waals surface area contributed by atoms with Crippen molar-refractivity contribution in [3.05, 3.63) is 0 Å². The smallest absolute Gasteiger partial charge is 0.0623 e. The highest BCUT2D eigenvalue weighted by atomic mass is 16.5. The number of hydrogen-bond acceptors (Lipinski definition) is 2. The van der Waals surface area contributed by atoms with E-state index >= 15 is 0 Å². The first-order valence-corrected chi connectivity index (χ1v) is 6.86. The summed E-state index contributed by atoms with van der Waals surface area (Å²) in [7, 11) is 1.79. The van der Waals surface area contributed by atoms with Gasteiger partial charge in [0, 0.05) is 13.2 Å². The van der Waals surface area contributed by atoms with Crippen LogP contribution in [0.4, 0.5) is 0 Å². The molecule has 2 saturated carbocycles. The van der Waals surface area contributed by atoms with E-state index in [4.69, 9.17) is 10.5 Å². The zero-order valence-corrected chi connectivity index (χ0v) is 11.0. The predicted molar refractivity (Wildman–Crippen MR) is 67.2 cm³/mol. The number of hydrogen-bond donors (Lipinski definition) is 1. The highest BCUT2D eigenvalue weighted by Gasteiger charge is 2.52. The molecule has 0 aliphatic heterocycles. The molecule has 0 aromatic heterocycles. The van der Waals surface area contributed by atoms with E-state index in [2.05, 4.69) is 13.8 Å². The van der Waals surface area contributed by atoms with Gasteiger partial charge in [-0.25, -0.2) is 0 Å². The molecular weight excluding hydrogens is 198 g/mol. The number of fused-ring (bicyclic) bond motifs is 1. The van der Waals surface area contributed by atoms with Crippen molar-refractivity contribution >= 4 is 0 Å². The van der Waals surface area contributed by atoms with Crippen LogP contribution >= 0.6 is 0 Å². The van der Waals surface area contributed by atoms with Gasteiger partial charge in [0.2, 0.25) is 0 Å². The molecule has 0 aromatic carbocycles. The normalized spacial score (nSPS) is 35.6. The van der Waals surface area contributed by atoms with Crippen LogP contribution in [0.25, 0.3) is 0 Å². The predicted octanol–water partition coefficient (Wildman–Crippen LogP) is 2.96. The van der Waals surface area contributed by atoms with Crippen LogP contribution in [-0.2, 0) is 4.74 Å². The van der Waals surface area contributed by atoms with Gasteiger partial charge in [0.15, 0.2) is 0 Å². The van der Waals surface area contributed by atoms with Crippen LogP contribution in [0.3, 0.4) is 0 Å². The lowest BCUT2D eigenvalue weighted by molar-refractivity contribution is 0.0119. The van der Waals surface area contributed by atoms with E-state index < -0.39 is 0 Å². The van der Waals surface area contributed by atoms with Gasteiger partial charge < -0.3 is 10.5 Å². The molecule has 16 heavy (non-hydrogen) atoms. The van der Waals surface area contributed by atoms with E-state index in [1.165, 1.54) is 25.7 Å². The summed E-state index contributed by atoms with van der Waals surface area (Å²) in [6.45, 7) is 4.30. The SMILES string of the molecule is COC(C)(C)CCC(N)C1C2CCCCC21. The van der Waals surface area contributed by atoms with Crippen LogP contribution in [0.2, 0.25) is 0 Å². The van der Waals surface area contributed by atoms with Gasteiger partial charge in [0.25, 0.3) is 0 Å². The Kier molecular flexibility index (Phi) is 3.60. The molecule has 0 spiro atoms. The van der Waals surface area contributed by atoms with Crippen LogP contribution in [0.5, 0.6) is 0 Å². The lowest BCUT2D eigenvalue weighted by Gasteiger charge is -2.24. The molecule has 0 heterocycles. The van der Waals surface area contributed by atoms with Gasteiger partial charge in [-0.15, -0.1) is 0 Å². The zero-order valence-electron chi connectivity index (χ0n) is 11.0. The van der Waals surface area contributed by atoms with E-state index in [9.17, 15) is 0 Å². The Morgan fingerprint density at radius 1 is 1.25 bits per heavy atom. The minimum absolute atomic E-state index is 0.00230. The molecule has 2 aliphatic carbocycles. The molecule has 2 aliphatic rings. The maximum absolute atomic E-state index is 6.35. The molecule has 0 aromatic rings. The summed E-state index contributed by atoms with van der Waals surface area (Å²) in [5, 5.41) is 0. The first-order valence-electron chi connectivity index (χ1n) is 6.86. The van der Waals surface area contributed by atoms with E-state index in [1.54, 1.807) is 7.11 Å². The van der Waals surface area contributed by atoms with Crippen molar-refractivity contribution in [1.29, 1.82) is 0 Å². The van der Waals surface area contributed by atoms with Crippen molar-refractivity contribution in [2.24, 2.45) is 23.5 Å². The Hall–Kier alpha value is -0.0800. The fourth-order valence-electron chi connectivity index (χ4n) is 3.49. The van der Waals surface area contributed by atoms with Crippen LogP contribution in [0.1, 0.15) is 52.4 Å². The Bertz CT molecular complexity index is 227. The van der Waals surface area contributed by atoms with Crippen molar-refractivity contribution in [1.82, 2.24) is 0 Å². The Morgan fingerprint density at radius 2 is 1.81 bits per heavy atom. The fourth-order valence-corrected chi connectivity index (χ4v) is 3.49. The third-order valence-corrected chi connectivity index (χ3v) is 4.85. The molecule has 2 N–H and O–H groups in total. The summed E-state index contributed by atoms with van der Waals surface area (Å²) < 4.78 is 5.45. The number of rotatable bonds is 5. The number of nitrogens with two attached hydrogens (primary N) is 1. The Morgan fingerprint density at radius 3 is 2.31 bits per heavy atom. The molecule has 0 amide bonds. The summed E-state index contributed by atoms with van der Waals surface area (Å²) in [5.41, 5.74) is 6.34. The molecule has 0 bridgehead atoms. The molecular formula is C14H27NO. The lowest BCUT2D eigenvalue weighted by atomic mass is 9.96. The van der Waals surface area contributed by atoms with E-state index in [-0.39, 0.29) is 5.60 Å². The second kappa shape index (κ2) is 4.66. The van der Waals surface area contributed by atoms with E-state index in [1.807, 2.05) is 0 Å². The van der Waals surface area contributed by atoms with Crippen molar-refractivity contribution in [2.75, 3.05) is 7.11 Å². The minimum atomic E-state index is -0.00230. The molecule has 2 nitrogen and oxygen atoms in total. The lowest BCUT2D eigenvalue weighted by Crippen LogP contribution is -2.30. The van der Waals surface area contributed by atoms with Gasteiger partial charge in [-0.05, 0) is 57.3 Å². The molecule has 2 heteroatoms. The molecule has 2 rings (SSSR count). The van der Waals surface area contributed by atoms with Crippen LogP contribution < -0.4 is 5.73 Å². The van der Waals surface area contributed by atoms with Gasteiger partial charge >= 0.3 is 0 Å². The molecule has 94 valence electrons. The van der Waals surface area contributed by atoms with Crippen LogP contribution in [0.15, 0.2) is 0 Å². The van der Waals surface area contributed by atoms with Gasteiger partial charge in [-0.2, -0.15) is 0 Å². The standard InChI is InChI=1S/C14H27NO/c1-14(2,16-3)9-8-12(15)13-10-6-4-5-7-11(10)13/h10-13H,4-9,15H2,1-3H3. The van der Waals surface area contributed by atoms with Crippen LogP contribution in [0, 0.1) is 17.8 Å². The summed E-state index contributed by atoms with van der Waals surface area (Å²) in [5.74, 6) is 2.80. The minimum Gasteiger partial charge on any atom is -0.379 e. The van der Waals surface area contributed by atoms with Gasteiger partial charge in [-0.1, -0.05) is 12.8 Å². The van der Waals surface area contributed by atoms with E-state index in [0.29, 0.717) is 6.04 Å². The fraction of sp³-hybridized carbons (Fsp3) is 1.00. The van der Waals surface area contributed by atoms with Crippen molar-refractivity contribution in [3.63, 3.8) is 0 Å². The molecule has 0 radical (unpaired) electrons. The first kappa shape index (κ1) is 12.4. The van der Waals surface area contributed by atoms with E-state index in [0.717, 1.165) is 30.6 Å². The largest absolute Gasteiger partial charge is 0.379 e. The molecule has 2 fully saturated rings. The molecule has 3 atom stereocenters. The monoisotopic (exact) mass is 225 g/mol. The average molecular weight is 225 g/mol. The Labute approximate surface area is 99.9 Å². The second-order valence-electron chi connectivity index (χ2n) is 6.36. The molecule has 0 saturated heterocycles. The molecule has 3 unspecified atom stereocenters. The summed E-state index contributed by atoms with van der Waals surface area (Å²) in [4.78, 5) is 0. The first-order chi connectivity index (χ1) is 7.55. The van der Waals surface area contributed by atoms with Crippen LogP contribution in [-0.4, -0.2) is 18.8 Å². The summed E-state index contributed by atoms with van der Waals surface area (Å²) >= 11 is 0. The van der Waals surface area contributed by atoms with Gasteiger partial charge in [0.1, 0.15) is 0 Å². The van der Waals surface area contributed by atoms with Gasteiger partial charge in [0.05, 0.1) is 5.60 Å². The Balaban J connectivity index is 1.75. The van der Waals surface area contributed by atoms with Crippen molar-refractivity contribution in [3.8, 4) is 0 Å². The quantitative estimate of drug-likeness (QED) is 0.780. The average Bonchev–Trinajstić information content (AvgIpc) is 3.00.